The standard InChI is InChI=1S/C15H23N3/c1-3-14-12(8-16-2)9-17-15(18-14)13-7-10-4-5-11(13)6-10/h9-11,13,16H,3-8H2,1-2H3. The molecule has 3 heteroatoms. The van der Waals surface area contributed by atoms with Gasteiger partial charge in [-0.1, -0.05) is 13.3 Å². The Hall–Kier alpha value is -0.960. The highest BCUT2D eigenvalue weighted by Crippen LogP contribution is 2.52. The van der Waals surface area contributed by atoms with Crippen molar-refractivity contribution in [2.45, 2.75) is 51.5 Å². The zero-order valence-electron chi connectivity index (χ0n) is 11.4. The van der Waals surface area contributed by atoms with E-state index < -0.39 is 0 Å². The van der Waals surface area contributed by atoms with Crippen LogP contribution < -0.4 is 5.32 Å². The van der Waals surface area contributed by atoms with E-state index in [1.54, 1.807) is 0 Å². The lowest BCUT2D eigenvalue weighted by atomic mass is 9.88. The molecule has 0 aliphatic heterocycles. The molecule has 2 saturated carbocycles. The second-order valence-corrected chi connectivity index (χ2v) is 5.87. The van der Waals surface area contributed by atoms with E-state index in [0.29, 0.717) is 5.92 Å². The SMILES string of the molecule is CCc1nc(C2CC3CCC2C3)ncc1CNC. The highest BCUT2D eigenvalue weighted by Gasteiger charge is 2.41. The number of hydrogen-bond donors (Lipinski definition) is 1. The largest absolute Gasteiger partial charge is 0.316 e. The van der Waals surface area contributed by atoms with Crippen LogP contribution in [0.25, 0.3) is 0 Å². The number of hydrogen-bond acceptors (Lipinski definition) is 3. The summed E-state index contributed by atoms with van der Waals surface area (Å²) >= 11 is 0. The molecule has 18 heavy (non-hydrogen) atoms. The molecule has 3 nitrogen and oxygen atoms in total. The van der Waals surface area contributed by atoms with Crippen LogP contribution in [-0.4, -0.2) is 17.0 Å². The zero-order valence-corrected chi connectivity index (χ0v) is 11.4. The molecule has 0 aromatic carbocycles. The van der Waals surface area contributed by atoms with Crippen LogP contribution in [0.15, 0.2) is 6.20 Å². The molecule has 2 fully saturated rings. The van der Waals surface area contributed by atoms with Gasteiger partial charge in [-0.3, -0.25) is 0 Å². The van der Waals surface area contributed by atoms with E-state index in [1.807, 2.05) is 13.2 Å². The van der Waals surface area contributed by atoms with Gasteiger partial charge >= 0.3 is 0 Å². The fourth-order valence-corrected chi connectivity index (χ4v) is 3.84. The number of nitrogens with one attached hydrogen (secondary N) is 1. The molecule has 0 amide bonds. The quantitative estimate of drug-likeness (QED) is 0.886. The van der Waals surface area contributed by atoms with Gasteiger partial charge in [0.15, 0.2) is 0 Å². The Bertz CT molecular complexity index is 430. The van der Waals surface area contributed by atoms with E-state index in [4.69, 9.17) is 4.98 Å². The van der Waals surface area contributed by atoms with Gasteiger partial charge in [0.2, 0.25) is 0 Å². The monoisotopic (exact) mass is 245 g/mol. The molecule has 2 bridgehead atoms. The summed E-state index contributed by atoms with van der Waals surface area (Å²) in [5, 5.41) is 3.19. The smallest absolute Gasteiger partial charge is 0.131 e. The highest BCUT2D eigenvalue weighted by atomic mass is 14.9. The van der Waals surface area contributed by atoms with Crippen LogP contribution in [0.4, 0.5) is 0 Å². The van der Waals surface area contributed by atoms with Gasteiger partial charge in [-0.2, -0.15) is 0 Å². The molecule has 3 rings (SSSR count). The average molecular weight is 245 g/mol. The molecule has 3 unspecified atom stereocenters. The molecule has 1 aromatic rings. The Morgan fingerprint density at radius 3 is 2.83 bits per heavy atom. The normalized spacial score (nSPS) is 30.0. The van der Waals surface area contributed by atoms with Gasteiger partial charge < -0.3 is 5.32 Å². The zero-order chi connectivity index (χ0) is 12.5. The van der Waals surface area contributed by atoms with Crippen LogP contribution in [0.5, 0.6) is 0 Å². The Morgan fingerprint density at radius 2 is 2.22 bits per heavy atom. The van der Waals surface area contributed by atoms with Crippen molar-refractivity contribution in [2.24, 2.45) is 11.8 Å². The first-order valence-electron chi connectivity index (χ1n) is 7.31. The second-order valence-electron chi connectivity index (χ2n) is 5.87. The topological polar surface area (TPSA) is 37.8 Å². The Balaban J connectivity index is 1.84. The van der Waals surface area contributed by atoms with E-state index in [0.717, 1.165) is 30.6 Å². The molecule has 2 aliphatic carbocycles. The molecule has 2 aliphatic rings. The summed E-state index contributed by atoms with van der Waals surface area (Å²) in [6, 6.07) is 0. The van der Waals surface area contributed by atoms with Crippen molar-refractivity contribution in [1.29, 1.82) is 0 Å². The highest BCUT2D eigenvalue weighted by molar-refractivity contribution is 5.20. The molecular weight excluding hydrogens is 222 g/mol. The van der Waals surface area contributed by atoms with Gasteiger partial charge in [0.05, 0.1) is 0 Å². The van der Waals surface area contributed by atoms with E-state index in [2.05, 4.69) is 17.2 Å². The predicted molar refractivity (Wildman–Crippen MR) is 72.4 cm³/mol. The number of nitrogens with zero attached hydrogens (tertiary/aromatic N) is 2. The molecule has 0 spiro atoms. The van der Waals surface area contributed by atoms with Crippen molar-refractivity contribution < 1.29 is 0 Å². The third-order valence-electron chi connectivity index (χ3n) is 4.74. The summed E-state index contributed by atoms with van der Waals surface area (Å²) < 4.78 is 0. The van der Waals surface area contributed by atoms with Crippen molar-refractivity contribution in [3.8, 4) is 0 Å². The lowest BCUT2D eigenvalue weighted by Crippen LogP contribution is -2.16. The summed E-state index contributed by atoms with van der Waals surface area (Å²) in [5.41, 5.74) is 2.49. The average Bonchev–Trinajstić information content (AvgIpc) is 3.02. The van der Waals surface area contributed by atoms with Crippen LogP contribution in [0.2, 0.25) is 0 Å². The maximum absolute atomic E-state index is 4.86. The van der Waals surface area contributed by atoms with Crippen molar-refractivity contribution >= 4 is 0 Å². The fraction of sp³-hybridized carbons (Fsp3) is 0.733. The van der Waals surface area contributed by atoms with Gasteiger partial charge in [0.25, 0.3) is 0 Å². The van der Waals surface area contributed by atoms with Crippen LogP contribution in [0, 0.1) is 11.8 Å². The van der Waals surface area contributed by atoms with Gasteiger partial charge in [-0.05, 0) is 44.6 Å². The first-order chi connectivity index (χ1) is 8.81. The second kappa shape index (κ2) is 4.96. The number of aromatic nitrogens is 2. The summed E-state index contributed by atoms with van der Waals surface area (Å²) in [4.78, 5) is 9.52. The molecule has 1 N–H and O–H groups in total. The van der Waals surface area contributed by atoms with Crippen LogP contribution in [-0.2, 0) is 13.0 Å². The first-order valence-corrected chi connectivity index (χ1v) is 7.31. The third kappa shape index (κ3) is 2.05. The summed E-state index contributed by atoms with van der Waals surface area (Å²) in [5.74, 6) is 3.61. The van der Waals surface area contributed by atoms with Gasteiger partial charge in [0.1, 0.15) is 5.82 Å². The minimum Gasteiger partial charge on any atom is -0.316 e. The minimum atomic E-state index is 0.651. The van der Waals surface area contributed by atoms with E-state index in [-0.39, 0.29) is 0 Å². The summed E-state index contributed by atoms with van der Waals surface area (Å²) in [7, 11) is 1.98. The van der Waals surface area contributed by atoms with Gasteiger partial charge in [-0.15, -0.1) is 0 Å². The van der Waals surface area contributed by atoms with Crippen molar-refractivity contribution in [1.82, 2.24) is 15.3 Å². The molecule has 3 atom stereocenters. The molecule has 1 aromatic heterocycles. The van der Waals surface area contributed by atoms with Crippen molar-refractivity contribution in [2.75, 3.05) is 7.05 Å². The number of aryl methyl sites for hydroxylation is 1. The lowest BCUT2D eigenvalue weighted by molar-refractivity contribution is 0.404. The van der Waals surface area contributed by atoms with Crippen LogP contribution in [0.3, 0.4) is 0 Å². The lowest BCUT2D eigenvalue weighted by Gasteiger charge is -2.21. The number of rotatable bonds is 4. The Morgan fingerprint density at radius 1 is 1.33 bits per heavy atom. The molecule has 1 heterocycles. The molecular formula is C15H23N3. The number of fused-ring (bicyclic) bond motifs is 2. The molecule has 0 saturated heterocycles. The fourth-order valence-electron chi connectivity index (χ4n) is 3.84. The summed E-state index contributed by atoms with van der Waals surface area (Å²) in [6.07, 6.45) is 8.65. The maximum atomic E-state index is 4.86. The third-order valence-corrected chi connectivity index (χ3v) is 4.74. The van der Waals surface area contributed by atoms with E-state index in [9.17, 15) is 0 Å². The maximum Gasteiger partial charge on any atom is 0.131 e. The van der Waals surface area contributed by atoms with E-state index in [1.165, 1.54) is 36.9 Å². The predicted octanol–water partition coefficient (Wildman–Crippen LogP) is 2.66. The molecule has 0 radical (unpaired) electrons. The van der Waals surface area contributed by atoms with Crippen molar-refractivity contribution in [3.05, 3.63) is 23.3 Å². The Labute approximate surface area is 109 Å². The van der Waals surface area contributed by atoms with Crippen molar-refractivity contribution in [3.63, 3.8) is 0 Å². The summed E-state index contributed by atoms with van der Waals surface area (Å²) in [6.45, 7) is 3.06. The van der Waals surface area contributed by atoms with Crippen LogP contribution >= 0.6 is 0 Å². The molecule has 98 valence electrons. The van der Waals surface area contributed by atoms with Gasteiger partial charge in [-0.25, -0.2) is 9.97 Å². The first kappa shape index (κ1) is 12.1. The minimum absolute atomic E-state index is 0.651. The van der Waals surface area contributed by atoms with E-state index >= 15 is 0 Å². The van der Waals surface area contributed by atoms with Crippen LogP contribution in [0.1, 0.15) is 55.6 Å². The Kier molecular flexibility index (Phi) is 3.33. The van der Waals surface area contributed by atoms with Gasteiger partial charge in [0, 0.05) is 29.9 Å².